The van der Waals surface area contributed by atoms with Crippen molar-refractivity contribution in [2.24, 2.45) is 0 Å². The number of thioether (sulfide) groups is 1. The Hall–Kier alpha value is -1.98. The van der Waals surface area contributed by atoms with Crippen molar-refractivity contribution in [2.45, 2.75) is 4.90 Å². The Kier molecular flexibility index (Phi) is 5.66. The van der Waals surface area contributed by atoms with Crippen molar-refractivity contribution >= 4 is 29.0 Å². The van der Waals surface area contributed by atoms with E-state index in [0.29, 0.717) is 17.1 Å². The molecule has 1 amide bonds. The first kappa shape index (κ1) is 15.4. The summed E-state index contributed by atoms with van der Waals surface area (Å²) in [5.74, 6) is 0.231. The second-order valence-electron chi connectivity index (χ2n) is 4.43. The summed E-state index contributed by atoms with van der Waals surface area (Å²) in [4.78, 5) is 15.0. The minimum atomic E-state index is -0.101. The topological polar surface area (TPSA) is 66.6 Å². The molecular weight excluding hydrogens is 284 g/mol. The van der Waals surface area contributed by atoms with Crippen molar-refractivity contribution in [1.29, 1.82) is 0 Å². The van der Waals surface area contributed by atoms with Crippen LogP contribution in [0.5, 0.6) is 0 Å². The van der Waals surface area contributed by atoms with Gasteiger partial charge in [-0.25, -0.2) is 0 Å². The number of rotatable bonds is 6. The number of hydrogen-bond acceptors (Lipinski definition) is 4. The van der Waals surface area contributed by atoms with Gasteiger partial charge in [-0.15, -0.1) is 11.8 Å². The van der Waals surface area contributed by atoms with Crippen molar-refractivity contribution in [2.75, 3.05) is 29.5 Å². The van der Waals surface area contributed by atoms with Crippen molar-refractivity contribution < 1.29 is 9.90 Å². The third-order valence-corrected chi connectivity index (χ3v) is 3.95. The molecule has 0 heterocycles. The van der Waals surface area contributed by atoms with Crippen molar-refractivity contribution in [1.82, 2.24) is 0 Å². The van der Waals surface area contributed by atoms with Gasteiger partial charge >= 0.3 is 0 Å². The van der Waals surface area contributed by atoms with Gasteiger partial charge in [0.05, 0.1) is 23.7 Å². The number of aliphatic hydroxyl groups is 1. The van der Waals surface area contributed by atoms with Crippen LogP contribution in [0.15, 0.2) is 59.5 Å². The van der Waals surface area contributed by atoms with Crippen LogP contribution in [0.4, 0.5) is 11.4 Å². The molecule has 4 nitrogen and oxygen atoms in total. The lowest BCUT2D eigenvalue weighted by atomic mass is 10.2. The third-order valence-electron chi connectivity index (χ3n) is 2.96. The second kappa shape index (κ2) is 7.71. The molecule has 5 heteroatoms. The van der Waals surface area contributed by atoms with E-state index >= 15 is 0 Å². The Morgan fingerprint density at radius 1 is 1.10 bits per heavy atom. The highest BCUT2D eigenvalue weighted by Gasteiger charge is 2.17. The van der Waals surface area contributed by atoms with Gasteiger partial charge in [0.2, 0.25) is 5.91 Å². The Morgan fingerprint density at radius 3 is 2.43 bits per heavy atom. The molecule has 0 atom stereocenters. The highest BCUT2D eigenvalue weighted by atomic mass is 32.2. The Morgan fingerprint density at radius 2 is 1.76 bits per heavy atom. The lowest BCUT2D eigenvalue weighted by molar-refractivity contribution is -0.116. The lowest BCUT2D eigenvalue weighted by Gasteiger charge is -2.23. The zero-order valence-corrected chi connectivity index (χ0v) is 12.4. The standard InChI is InChI=1S/C16H18N2O2S/c17-14-8-4-5-9-15(14)18(10-11-19)16(20)12-21-13-6-2-1-3-7-13/h1-9,19H,10-12,17H2. The van der Waals surface area contributed by atoms with Crippen molar-refractivity contribution in [3.63, 3.8) is 0 Å². The van der Waals surface area contributed by atoms with E-state index < -0.39 is 0 Å². The molecule has 2 aromatic carbocycles. The Bertz CT molecular complexity index is 590. The number of hydrogen-bond donors (Lipinski definition) is 2. The summed E-state index contributed by atoms with van der Waals surface area (Å²) in [6, 6.07) is 16.9. The van der Waals surface area contributed by atoms with Crippen molar-refractivity contribution in [3.05, 3.63) is 54.6 Å². The number of carbonyl (C=O) groups is 1. The summed E-state index contributed by atoms with van der Waals surface area (Å²) in [6.07, 6.45) is 0. The normalized spacial score (nSPS) is 10.3. The number of carbonyl (C=O) groups excluding carboxylic acids is 1. The maximum Gasteiger partial charge on any atom is 0.237 e. The number of nitrogen functional groups attached to an aromatic ring is 1. The van der Waals surface area contributed by atoms with Gasteiger partial charge in [0.25, 0.3) is 0 Å². The number of benzene rings is 2. The molecule has 21 heavy (non-hydrogen) atoms. The van der Waals surface area contributed by atoms with E-state index in [9.17, 15) is 9.90 Å². The second-order valence-corrected chi connectivity index (χ2v) is 5.48. The highest BCUT2D eigenvalue weighted by Crippen LogP contribution is 2.24. The molecule has 2 rings (SSSR count). The number of amides is 1. The van der Waals surface area contributed by atoms with E-state index in [0.717, 1.165) is 4.90 Å². The van der Waals surface area contributed by atoms with E-state index in [-0.39, 0.29) is 19.1 Å². The monoisotopic (exact) mass is 302 g/mol. The van der Waals surface area contributed by atoms with Crippen molar-refractivity contribution in [3.8, 4) is 0 Å². The van der Waals surface area contributed by atoms with Gasteiger partial charge in [0.1, 0.15) is 0 Å². The van der Waals surface area contributed by atoms with E-state index in [1.807, 2.05) is 42.5 Å². The molecule has 0 fully saturated rings. The summed E-state index contributed by atoms with van der Waals surface area (Å²) >= 11 is 1.47. The van der Waals surface area contributed by atoms with Gasteiger partial charge in [0, 0.05) is 11.4 Å². The van der Waals surface area contributed by atoms with Gasteiger partial charge < -0.3 is 15.7 Å². The third kappa shape index (κ3) is 4.24. The number of aliphatic hydroxyl groups excluding tert-OH is 1. The summed E-state index contributed by atoms with van der Waals surface area (Å²) in [5, 5.41) is 9.18. The molecule has 0 aliphatic rings. The molecular formula is C16H18N2O2S. The fourth-order valence-corrected chi connectivity index (χ4v) is 2.75. The molecule has 0 unspecified atom stereocenters. The summed E-state index contributed by atoms with van der Waals surface area (Å²) in [5.41, 5.74) is 7.09. The van der Waals surface area contributed by atoms with Gasteiger partial charge in [-0.1, -0.05) is 30.3 Å². The van der Waals surface area contributed by atoms with Crippen LogP contribution in [0, 0.1) is 0 Å². The molecule has 0 saturated heterocycles. The van der Waals surface area contributed by atoms with Crippen LogP contribution in [0.2, 0.25) is 0 Å². The molecule has 0 aliphatic heterocycles. The first-order chi connectivity index (χ1) is 10.2. The Balaban J connectivity index is 2.08. The van der Waals surface area contributed by atoms with Crippen LogP contribution in [0.3, 0.4) is 0 Å². The molecule has 110 valence electrons. The van der Waals surface area contributed by atoms with E-state index in [1.165, 1.54) is 16.7 Å². The predicted molar refractivity (Wildman–Crippen MR) is 87.5 cm³/mol. The van der Waals surface area contributed by atoms with Crippen LogP contribution in [0.1, 0.15) is 0 Å². The molecule has 0 spiro atoms. The first-order valence-electron chi connectivity index (χ1n) is 6.66. The molecule has 0 bridgehead atoms. The zero-order chi connectivity index (χ0) is 15.1. The van der Waals surface area contributed by atoms with E-state index in [1.54, 1.807) is 12.1 Å². The first-order valence-corrected chi connectivity index (χ1v) is 7.64. The number of nitrogens with two attached hydrogens (primary N) is 1. The quantitative estimate of drug-likeness (QED) is 0.635. The van der Waals surface area contributed by atoms with Gasteiger partial charge in [-0.05, 0) is 24.3 Å². The molecule has 3 N–H and O–H groups in total. The number of para-hydroxylation sites is 2. The predicted octanol–water partition coefficient (Wildman–Crippen LogP) is 2.39. The van der Waals surface area contributed by atoms with Crippen LogP contribution >= 0.6 is 11.8 Å². The minimum absolute atomic E-state index is 0.0733. The average Bonchev–Trinajstić information content (AvgIpc) is 2.52. The summed E-state index contributed by atoms with van der Waals surface area (Å²) in [7, 11) is 0. The van der Waals surface area contributed by atoms with E-state index in [4.69, 9.17) is 5.73 Å². The van der Waals surface area contributed by atoms with Gasteiger partial charge in [0.15, 0.2) is 0 Å². The molecule has 2 aromatic rings. The zero-order valence-electron chi connectivity index (χ0n) is 11.6. The fraction of sp³-hybridized carbons (Fsp3) is 0.188. The van der Waals surface area contributed by atoms with Gasteiger partial charge in [-0.3, -0.25) is 4.79 Å². The average molecular weight is 302 g/mol. The van der Waals surface area contributed by atoms with Crippen LogP contribution in [0.25, 0.3) is 0 Å². The lowest BCUT2D eigenvalue weighted by Crippen LogP contribution is -2.35. The summed E-state index contributed by atoms with van der Waals surface area (Å²) < 4.78 is 0. The fourth-order valence-electron chi connectivity index (χ4n) is 1.95. The van der Waals surface area contributed by atoms with E-state index in [2.05, 4.69) is 0 Å². The minimum Gasteiger partial charge on any atom is -0.397 e. The molecule has 0 aromatic heterocycles. The number of anilines is 2. The SMILES string of the molecule is Nc1ccccc1N(CCO)C(=O)CSc1ccccc1. The number of nitrogens with zero attached hydrogens (tertiary/aromatic N) is 1. The largest absolute Gasteiger partial charge is 0.397 e. The highest BCUT2D eigenvalue weighted by molar-refractivity contribution is 8.00. The smallest absolute Gasteiger partial charge is 0.237 e. The maximum absolute atomic E-state index is 12.4. The molecule has 0 radical (unpaired) electrons. The Labute approximate surface area is 128 Å². The molecule has 0 aliphatic carbocycles. The van der Waals surface area contributed by atoms with Crippen LogP contribution in [-0.2, 0) is 4.79 Å². The van der Waals surface area contributed by atoms with Crippen LogP contribution in [-0.4, -0.2) is 29.9 Å². The summed E-state index contributed by atoms with van der Waals surface area (Å²) in [6.45, 7) is 0.137. The maximum atomic E-state index is 12.4. The van der Waals surface area contributed by atoms with Crippen LogP contribution < -0.4 is 10.6 Å². The molecule has 0 saturated carbocycles. The van der Waals surface area contributed by atoms with Gasteiger partial charge in [-0.2, -0.15) is 0 Å².